The molecule has 0 radical (unpaired) electrons. The van der Waals surface area contributed by atoms with Crippen molar-refractivity contribution < 1.29 is 0 Å². The van der Waals surface area contributed by atoms with Crippen LogP contribution in [0.5, 0.6) is 0 Å². The highest BCUT2D eigenvalue weighted by molar-refractivity contribution is 6.11. The van der Waals surface area contributed by atoms with Crippen LogP contribution < -0.4 is 10.6 Å². The van der Waals surface area contributed by atoms with E-state index in [0.717, 1.165) is 0 Å². The van der Waals surface area contributed by atoms with Gasteiger partial charge in [-0.15, -0.1) is 0 Å². The van der Waals surface area contributed by atoms with E-state index < -0.39 is 0 Å². The van der Waals surface area contributed by atoms with Gasteiger partial charge in [-0.05, 0) is 26.7 Å². The second-order valence-electron chi connectivity index (χ2n) is 3.67. The summed E-state index contributed by atoms with van der Waals surface area (Å²) < 4.78 is 0. The molecule has 0 saturated carbocycles. The van der Waals surface area contributed by atoms with Crippen molar-refractivity contribution in [1.29, 1.82) is 0 Å². The van der Waals surface area contributed by atoms with E-state index >= 15 is 0 Å². The van der Waals surface area contributed by atoms with E-state index in [4.69, 9.17) is 0 Å². The fourth-order valence-electron chi connectivity index (χ4n) is 1.14. The molecular weight excluding hydrogens is 164 g/mol. The fraction of sp³-hybridized carbons (Fsp3) is 1.00. The molecule has 12 heavy (non-hydrogen) atoms. The molecular formula is C9H24N2Si. The van der Waals surface area contributed by atoms with Crippen LogP contribution in [-0.4, -0.2) is 28.1 Å². The lowest BCUT2D eigenvalue weighted by molar-refractivity contribution is 0.415. The maximum absolute atomic E-state index is 3.55. The van der Waals surface area contributed by atoms with Crippen LogP contribution in [0.1, 0.15) is 40.5 Å². The molecule has 0 rings (SSSR count). The lowest BCUT2D eigenvalue weighted by atomic mass is 10.2. The zero-order valence-electron chi connectivity index (χ0n) is 9.15. The highest BCUT2D eigenvalue weighted by Crippen LogP contribution is 1.91. The molecule has 0 aliphatic carbocycles. The van der Waals surface area contributed by atoms with E-state index in [2.05, 4.69) is 38.3 Å². The second kappa shape index (κ2) is 6.63. The third-order valence-electron chi connectivity index (χ3n) is 2.29. The Labute approximate surface area is 79.9 Å². The van der Waals surface area contributed by atoms with Crippen molar-refractivity contribution in [3.8, 4) is 0 Å². The van der Waals surface area contributed by atoms with Crippen molar-refractivity contribution in [2.24, 2.45) is 0 Å². The van der Waals surface area contributed by atoms with Gasteiger partial charge < -0.3 is 10.6 Å². The van der Waals surface area contributed by atoms with Crippen molar-refractivity contribution in [3.05, 3.63) is 0 Å². The zero-order valence-corrected chi connectivity index (χ0v) is 11.1. The molecule has 0 aliphatic rings. The smallest absolute Gasteiger partial charge is 0.0423 e. The summed E-state index contributed by atoms with van der Waals surface area (Å²) in [5.41, 5.74) is 0. The van der Waals surface area contributed by atoms with Gasteiger partial charge >= 0.3 is 0 Å². The Bertz CT molecular complexity index is 96.7. The largest absolute Gasteiger partial charge is 0.303 e. The number of hydrogen-bond acceptors (Lipinski definition) is 2. The Hall–Kier alpha value is 0.137. The van der Waals surface area contributed by atoms with Crippen molar-refractivity contribution >= 4 is 10.2 Å². The molecule has 0 saturated heterocycles. The lowest BCUT2D eigenvalue weighted by Gasteiger charge is -2.23. The summed E-state index contributed by atoms with van der Waals surface area (Å²) in [5.74, 6) is 0.565. The summed E-state index contributed by atoms with van der Waals surface area (Å²) >= 11 is 0. The summed E-state index contributed by atoms with van der Waals surface area (Å²) in [4.78, 5) is 0. The average Bonchev–Trinajstić information content (AvgIpc) is 2.03. The van der Waals surface area contributed by atoms with Crippen molar-refractivity contribution in [1.82, 2.24) is 10.6 Å². The summed E-state index contributed by atoms with van der Waals surface area (Å²) in [6.07, 6.45) is 2.42. The topological polar surface area (TPSA) is 24.1 Å². The van der Waals surface area contributed by atoms with Gasteiger partial charge in [0, 0.05) is 28.1 Å². The zero-order chi connectivity index (χ0) is 9.56. The first-order valence-electron chi connectivity index (χ1n) is 5.12. The molecule has 3 heteroatoms. The van der Waals surface area contributed by atoms with Gasteiger partial charge in [-0.2, -0.15) is 0 Å². The fourth-order valence-corrected chi connectivity index (χ4v) is 2.28. The SMILES string of the molecule is CCC(C)NC([SiH3])NC(C)CC. The van der Waals surface area contributed by atoms with Crippen molar-refractivity contribution in [3.63, 3.8) is 0 Å². The van der Waals surface area contributed by atoms with Gasteiger partial charge in [-0.1, -0.05) is 13.8 Å². The molecule has 0 aromatic carbocycles. The maximum Gasteiger partial charge on any atom is 0.0423 e. The third kappa shape index (κ3) is 5.74. The molecule has 0 bridgehead atoms. The van der Waals surface area contributed by atoms with Gasteiger partial charge in [0.2, 0.25) is 0 Å². The van der Waals surface area contributed by atoms with Crippen LogP contribution in [0.25, 0.3) is 0 Å². The molecule has 2 N–H and O–H groups in total. The van der Waals surface area contributed by atoms with E-state index in [-0.39, 0.29) is 0 Å². The van der Waals surface area contributed by atoms with Gasteiger partial charge in [-0.25, -0.2) is 0 Å². The van der Waals surface area contributed by atoms with Gasteiger partial charge in [0.05, 0.1) is 0 Å². The minimum Gasteiger partial charge on any atom is -0.303 e. The first-order chi connectivity index (χ1) is 5.60. The Balaban J connectivity index is 3.51. The van der Waals surface area contributed by atoms with Crippen LogP contribution in [0.15, 0.2) is 0 Å². The van der Waals surface area contributed by atoms with Crippen LogP contribution in [0.4, 0.5) is 0 Å². The molecule has 0 heterocycles. The minimum atomic E-state index is 0.565. The molecule has 0 amide bonds. The highest BCUT2D eigenvalue weighted by Gasteiger charge is 2.06. The van der Waals surface area contributed by atoms with Crippen molar-refractivity contribution in [2.75, 3.05) is 0 Å². The molecule has 2 atom stereocenters. The maximum atomic E-state index is 3.55. The predicted octanol–water partition coefficient (Wildman–Crippen LogP) is 0.412. The molecule has 0 aromatic rings. The minimum absolute atomic E-state index is 0.565. The van der Waals surface area contributed by atoms with Gasteiger partial charge in [0.15, 0.2) is 0 Å². The molecule has 2 nitrogen and oxygen atoms in total. The normalized spacial score (nSPS) is 19.0. The van der Waals surface area contributed by atoms with E-state index in [1.54, 1.807) is 0 Å². The first-order valence-corrected chi connectivity index (χ1v) is 6.27. The predicted molar refractivity (Wildman–Crippen MR) is 59.5 cm³/mol. The second-order valence-corrected chi connectivity index (χ2v) is 4.83. The monoisotopic (exact) mass is 188 g/mol. The Kier molecular flexibility index (Phi) is 6.71. The van der Waals surface area contributed by atoms with Gasteiger partial charge in [0.25, 0.3) is 0 Å². The molecule has 0 fully saturated rings. The van der Waals surface area contributed by atoms with Crippen LogP contribution in [-0.2, 0) is 0 Å². The summed E-state index contributed by atoms with van der Waals surface area (Å²) in [7, 11) is 1.17. The van der Waals surface area contributed by atoms with Crippen LogP contribution in [0, 0.1) is 0 Å². The van der Waals surface area contributed by atoms with Crippen LogP contribution in [0.2, 0.25) is 0 Å². The number of nitrogens with one attached hydrogen (secondary N) is 2. The quantitative estimate of drug-likeness (QED) is 0.466. The Morgan fingerprint density at radius 1 is 1.00 bits per heavy atom. The van der Waals surface area contributed by atoms with E-state index in [1.807, 2.05) is 0 Å². The van der Waals surface area contributed by atoms with Gasteiger partial charge in [0.1, 0.15) is 0 Å². The Morgan fingerprint density at radius 2 is 1.33 bits per heavy atom. The number of hydrogen-bond donors (Lipinski definition) is 2. The molecule has 74 valence electrons. The van der Waals surface area contributed by atoms with E-state index in [9.17, 15) is 0 Å². The number of rotatable bonds is 6. The molecule has 0 aliphatic heterocycles. The van der Waals surface area contributed by atoms with Crippen molar-refractivity contribution in [2.45, 2.75) is 58.4 Å². The molecule has 2 unspecified atom stereocenters. The third-order valence-corrected chi connectivity index (χ3v) is 2.96. The highest BCUT2D eigenvalue weighted by atomic mass is 28.1. The standard InChI is InChI=1S/C9H24N2Si/c1-5-7(3)10-9(12)11-8(4)6-2/h7-11H,5-6H2,1-4,12H3. The summed E-state index contributed by atoms with van der Waals surface area (Å²) in [5, 5.41) is 7.09. The first kappa shape index (κ1) is 12.1. The van der Waals surface area contributed by atoms with Gasteiger partial charge in [-0.3, -0.25) is 0 Å². The van der Waals surface area contributed by atoms with Crippen LogP contribution >= 0.6 is 0 Å². The summed E-state index contributed by atoms with van der Waals surface area (Å²) in [6, 6.07) is 1.29. The van der Waals surface area contributed by atoms with Crippen LogP contribution in [0.3, 0.4) is 0 Å². The van der Waals surface area contributed by atoms with E-state index in [0.29, 0.717) is 17.9 Å². The summed E-state index contributed by atoms with van der Waals surface area (Å²) in [6.45, 7) is 8.91. The van der Waals surface area contributed by atoms with E-state index in [1.165, 1.54) is 23.1 Å². The average molecular weight is 188 g/mol. The lowest BCUT2D eigenvalue weighted by Crippen LogP contribution is -2.49. The molecule has 0 spiro atoms. The Morgan fingerprint density at radius 3 is 1.58 bits per heavy atom. The molecule has 0 aromatic heterocycles.